The molecule has 0 bridgehead atoms. The Kier molecular flexibility index (Phi) is 8.53. The SMILES string of the molecule is C#CCOC[C@H](O)CN(CCC)Cc1ccc(OC)cc1. The Labute approximate surface area is 127 Å². The summed E-state index contributed by atoms with van der Waals surface area (Å²) in [4.78, 5) is 2.21. The van der Waals surface area contributed by atoms with Crippen molar-refractivity contribution in [2.24, 2.45) is 0 Å². The molecule has 0 amide bonds. The van der Waals surface area contributed by atoms with Crippen LogP contribution in [-0.4, -0.2) is 49.5 Å². The van der Waals surface area contributed by atoms with Crippen LogP contribution < -0.4 is 4.74 Å². The average Bonchev–Trinajstić information content (AvgIpc) is 2.48. The minimum Gasteiger partial charge on any atom is -0.497 e. The van der Waals surface area contributed by atoms with Crippen molar-refractivity contribution < 1.29 is 14.6 Å². The van der Waals surface area contributed by atoms with Crippen LogP contribution >= 0.6 is 0 Å². The minimum atomic E-state index is -0.525. The third kappa shape index (κ3) is 7.14. The van der Waals surface area contributed by atoms with Gasteiger partial charge in [0, 0.05) is 13.1 Å². The second kappa shape index (κ2) is 10.2. The van der Waals surface area contributed by atoms with Gasteiger partial charge in [-0.15, -0.1) is 6.42 Å². The van der Waals surface area contributed by atoms with Crippen LogP contribution in [0.25, 0.3) is 0 Å². The Bertz CT molecular complexity index is 425. The van der Waals surface area contributed by atoms with E-state index in [0.29, 0.717) is 6.54 Å². The molecule has 0 radical (unpaired) electrons. The summed E-state index contributed by atoms with van der Waals surface area (Å²) in [5.41, 5.74) is 1.20. The number of terminal acetylenes is 1. The molecule has 0 saturated carbocycles. The molecule has 21 heavy (non-hydrogen) atoms. The molecule has 0 unspecified atom stereocenters. The lowest BCUT2D eigenvalue weighted by Crippen LogP contribution is -2.35. The summed E-state index contributed by atoms with van der Waals surface area (Å²) >= 11 is 0. The molecule has 0 aliphatic carbocycles. The van der Waals surface area contributed by atoms with Gasteiger partial charge in [-0.2, -0.15) is 0 Å². The Morgan fingerprint density at radius 3 is 2.62 bits per heavy atom. The maximum absolute atomic E-state index is 9.98. The fourth-order valence-electron chi connectivity index (χ4n) is 2.14. The molecular formula is C17H25NO3. The predicted octanol–water partition coefficient (Wildman–Crippen LogP) is 1.92. The molecule has 1 aromatic rings. The van der Waals surface area contributed by atoms with Gasteiger partial charge in [0.2, 0.25) is 0 Å². The van der Waals surface area contributed by atoms with Gasteiger partial charge in [0.1, 0.15) is 12.4 Å². The smallest absolute Gasteiger partial charge is 0.118 e. The highest BCUT2D eigenvalue weighted by Gasteiger charge is 2.12. The quantitative estimate of drug-likeness (QED) is 0.528. The number of benzene rings is 1. The topological polar surface area (TPSA) is 41.9 Å². The normalized spacial score (nSPS) is 12.1. The summed E-state index contributed by atoms with van der Waals surface area (Å²) in [6.07, 6.45) is 5.62. The molecule has 1 rings (SSSR count). The zero-order valence-electron chi connectivity index (χ0n) is 12.9. The van der Waals surface area contributed by atoms with Gasteiger partial charge in [-0.25, -0.2) is 0 Å². The van der Waals surface area contributed by atoms with Crippen LogP contribution in [0.4, 0.5) is 0 Å². The van der Waals surface area contributed by atoms with E-state index in [1.807, 2.05) is 24.3 Å². The third-order valence-corrected chi connectivity index (χ3v) is 3.07. The number of hydrogen-bond acceptors (Lipinski definition) is 4. The van der Waals surface area contributed by atoms with Crippen molar-refractivity contribution >= 4 is 0 Å². The molecule has 0 spiro atoms. The van der Waals surface area contributed by atoms with Crippen LogP contribution in [0.3, 0.4) is 0 Å². The summed E-state index contributed by atoms with van der Waals surface area (Å²) < 4.78 is 10.3. The minimum absolute atomic E-state index is 0.239. The lowest BCUT2D eigenvalue weighted by molar-refractivity contribution is 0.0261. The Hall–Kier alpha value is -1.54. The monoisotopic (exact) mass is 291 g/mol. The molecule has 0 aromatic heterocycles. The van der Waals surface area contributed by atoms with Crippen LogP contribution in [0.15, 0.2) is 24.3 Å². The Morgan fingerprint density at radius 1 is 1.33 bits per heavy atom. The highest BCUT2D eigenvalue weighted by atomic mass is 16.5. The highest BCUT2D eigenvalue weighted by molar-refractivity contribution is 5.27. The molecule has 0 fully saturated rings. The first kappa shape index (κ1) is 17.5. The average molecular weight is 291 g/mol. The van der Waals surface area contributed by atoms with E-state index in [1.54, 1.807) is 7.11 Å². The Morgan fingerprint density at radius 2 is 2.05 bits per heavy atom. The molecule has 4 nitrogen and oxygen atoms in total. The van der Waals surface area contributed by atoms with Gasteiger partial charge in [0.05, 0.1) is 19.8 Å². The van der Waals surface area contributed by atoms with E-state index in [0.717, 1.165) is 25.3 Å². The van der Waals surface area contributed by atoms with Crippen molar-refractivity contribution in [2.45, 2.75) is 26.0 Å². The summed E-state index contributed by atoms with van der Waals surface area (Å²) in [6.45, 7) is 4.94. The number of hydrogen-bond donors (Lipinski definition) is 1. The summed E-state index contributed by atoms with van der Waals surface area (Å²) in [5.74, 6) is 3.24. The number of nitrogens with zero attached hydrogens (tertiary/aromatic N) is 1. The van der Waals surface area contributed by atoms with E-state index in [4.69, 9.17) is 15.9 Å². The molecule has 1 atom stereocenters. The van der Waals surface area contributed by atoms with Crippen molar-refractivity contribution in [1.82, 2.24) is 4.90 Å². The number of aliphatic hydroxyl groups excluding tert-OH is 1. The second-order valence-corrected chi connectivity index (χ2v) is 4.96. The molecule has 4 heteroatoms. The van der Waals surface area contributed by atoms with Gasteiger partial charge >= 0.3 is 0 Å². The highest BCUT2D eigenvalue weighted by Crippen LogP contribution is 2.13. The molecule has 0 aliphatic heterocycles. The van der Waals surface area contributed by atoms with Crippen molar-refractivity contribution in [3.63, 3.8) is 0 Å². The first-order valence-electron chi connectivity index (χ1n) is 7.24. The zero-order valence-corrected chi connectivity index (χ0v) is 12.9. The molecule has 0 saturated heterocycles. The first-order chi connectivity index (χ1) is 10.2. The van der Waals surface area contributed by atoms with Crippen LogP contribution in [0, 0.1) is 12.3 Å². The fourth-order valence-corrected chi connectivity index (χ4v) is 2.14. The lowest BCUT2D eigenvalue weighted by atomic mass is 10.2. The van der Waals surface area contributed by atoms with Crippen LogP contribution in [-0.2, 0) is 11.3 Å². The van der Waals surface area contributed by atoms with Crippen LogP contribution in [0.2, 0.25) is 0 Å². The van der Waals surface area contributed by atoms with E-state index in [2.05, 4.69) is 17.7 Å². The number of aliphatic hydroxyl groups is 1. The van der Waals surface area contributed by atoms with Crippen molar-refractivity contribution in [2.75, 3.05) is 33.4 Å². The summed E-state index contributed by atoms with van der Waals surface area (Å²) in [6, 6.07) is 7.99. The van der Waals surface area contributed by atoms with Gasteiger partial charge in [-0.1, -0.05) is 25.0 Å². The fraction of sp³-hybridized carbons (Fsp3) is 0.529. The molecule has 0 aliphatic rings. The van der Waals surface area contributed by atoms with Gasteiger partial charge < -0.3 is 14.6 Å². The number of ether oxygens (including phenoxy) is 2. The third-order valence-electron chi connectivity index (χ3n) is 3.07. The van der Waals surface area contributed by atoms with Gasteiger partial charge in [-0.05, 0) is 30.7 Å². The van der Waals surface area contributed by atoms with E-state index in [1.165, 1.54) is 5.56 Å². The molecule has 1 aromatic carbocycles. The maximum Gasteiger partial charge on any atom is 0.118 e. The predicted molar refractivity (Wildman–Crippen MR) is 84.2 cm³/mol. The number of rotatable bonds is 10. The van der Waals surface area contributed by atoms with Crippen molar-refractivity contribution in [3.8, 4) is 18.1 Å². The van der Waals surface area contributed by atoms with Gasteiger partial charge in [-0.3, -0.25) is 4.90 Å². The number of methoxy groups -OCH3 is 1. The Balaban J connectivity index is 2.49. The van der Waals surface area contributed by atoms with Gasteiger partial charge in [0.15, 0.2) is 0 Å². The van der Waals surface area contributed by atoms with Crippen LogP contribution in [0.1, 0.15) is 18.9 Å². The van der Waals surface area contributed by atoms with Gasteiger partial charge in [0.25, 0.3) is 0 Å². The standard InChI is InChI=1S/C17H25NO3/c1-4-10-18(13-16(19)14-21-11-5-2)12-15-6-8-17(20-3)9-7-15/h2,6-9,16,19H,4,10-14H2,1,3H3/t16-/m1/s1. The van der Waals surface area contributed by atoms with Crippen LogP contribution in [0.5, 0.6) is 5.75 Å². The molecule has 0 heterocycles. The molecule has 116 valence electrons. The molecular weight excluding hydrogens is 266 g/mol. The van der Waals surface area contributed by atoms with E-state index in [9.17, 15) is 5.11 Å². The second-order valence-electron chi connectivity index (χ2n) is 4.96. The van der Waals surface area contributed by atoms with E-state index < -0.39 is 6.10 Å². The summed E-state index contributed by atoms with van der Waals surface area (Å²) in [7, 11) is 1.66. The lowest BCUT2D eigenvalue weighted by Gasteiger charge is -2.24. The van der Waals surface area contributed by atoms with E-state index in [-0.39, 0.29) is 13.2 Å². The van der Waals surface area contributed by atoms with Crippen molar-refractivity contribution in [1.29, 1.82) is 0 Å². The maximum atomic E-state index is 9.98. The largest absolute Gasteiger partial charge is 0.497 e. The first-order valence-corrected chi connectivity index (χ1v) is 7.24. The van der Waals surface area contributed by atoms with Crippen molar-refractivity contribution in [3.05, 3.63) is 29.8 Å². The summed E-state index contributed by atoms with van der Waals surface area (Å²) in [5, 5.41) is 9.98. The zero-order chi connectivity index (χ0) is 15.5. The molecule has 1 N–H and O–H groups in total. The van der Waals surface area contributed by atoms with E-state index >= 15 is 0 Å².